The SMILES string of the molecule is ClCc1csc(-c2cccc(Br)c2)n1.[Cl-]. The second-order valence-electron chi connectivity index (χ2n) is 2.79. The molecule has 0 saturated carbocycles. The highest BCUT2D eigenvalue weighted by Gasteiger charge is 2.03. The Balaban J connectivity index is 0.00000112. The van der Waals surface area contributed by atoms with Gasteiger partial charge in [-0.2, -0.15) is 0 Å². The van der Waals surface area contributed by atoms with Crippen LogP contribution in [-0.4, -0.2) is 4.98 Å². The number of hydrogen-bond acceptors (Lipinski definition) is 2. The van der Waals surface area contributed by atoms with E-state index in [1.54, 1.807) is 11.3 Å². The van der Waals surface area contributed by atoms with Crippen LogP contribution in [0.2, 0.25) is 0 Å². The first-order chi connectivity index (χ1) is 6.79. The molecule has 0 spiro atoms. The minimum absolute atomic E-state index is 0. The summed E-state index contributed by atoms with van der Waals surface area (Å²) in [7, 11) is 0. The fraction of sp³-hybridized carbons (Fsp3) is 0.100. The minimum Gasteiger partial charge on any atom is -1.00 e. The van der Waals surface area contributed by atoms with E-state index < -0.39 is 0 Å². The van der Waals surface area contributed by atoms with Gasteiger partial charge in [0, 0.05) is 15.4 Å². The van der Waals surface area contributed by atoms with Crippen LogP contribution < -0.4 is 12.4 Å². The molecular formula is C10H7BrCl2NS-. The number of alkyl halides is 1. The lowest BCUT2D eigenvalue weighted by molar-refractivity contribution is -0.00000261. The van der Waals surface area contributed by atoms with Gasteiger partial charge in [-0.05, 0) is 12.1 Å². The summed E-state index contributed by atoms with van der Waals surface area (Å²) >= 11 is 10.7. The largest absolute Gasteiger partial charge is 1.00 e. The summed E-state index contributed by atoms with van der Waals surface area (Å²) in [6.45, 7) is 0. The Morgan fingerprint density at radius 3 is 2.80 bits per heavy atom. The van der Waals surface area contributed by atoms with E-state index in [1.807, 2.05) is 23.6 Å². The third-order valence-electron chi connectivity index (χ3n) is 1.76. The second-order valence-corrected chi connectivity index (χ2v) is 4.83. The molecule has 0 N–H and O–H groups in total. The number of halogens is 3. The standard InChI is InChI=1S/C10H7BrClNS.ClH/c11-8-3-1-2-7(4-8)10-13-9(5-12)6-14-10;/h1-4,6H,5H2;1H/p-1. The molecule has 0 aliphatic heterocycles. The molecule has 80 valence electrons. The Kier molecular flexibility index (Phi) is 5.06. The van der Waals surface area contributed by atoms with Crippen LogP contribution in [-0.2, 0) is 5.88 Å². The number of benzene rings is 1. The highest BCUT2D eigenvalue weighted by molar-refractivity contribution is 9.10. The molecule has 2 aromatic rings. The molecule has 0 radical (unpaired) electrons. The van der Waals surface area contributed by atoms with Crippen molar-refractivity contribution < 1.29 is 12.4 Å². The van der Waals surface area contributed by atoms with Gasteiger partial charge in [0.25, 0.3) is 0 Å². The summed E-state index contributed by atoms with van der Waals surface area (Å²) in [5.41, 5.74) is 2.06. The molecule has 0 unspecified atom stereocenters. The lowest BCUT2D eigenvalue weighted by Crippen LogP contribution is -3.00. The number of nitrogens with zero attached hydrogens (tertiary/aromatic N) is 1. The van der Waals surface area contributed by atoms with Gasteiger partial charge in [0.05, 0.1) is 11.6 Å². The van der Waals surface area contributed by atoms with Crippen molar-refractivity contribution in [3.8, 4) is 10.6 Å². The number of aromatic nitrogens is 1. The van der Waals surface area contributed by atoms with Crippen LogP contribution in [0.5, 0.6) is 0 Å². The van der Waals surface area contributed by atoms with Gasteiger partial charge in [-0.3, -0.25) is 0 Å². The summed E-state index contributed by atoms with van der Waals surface area (Å²) < 4.78 is 1.07. The lowest BCUT2D eigenvalue weighted by Gasteiger charge is -1.95. The zero-order valence-corrected chi connectivity index (χ0v) is 11.5. The van der Waals surface area contributed by atoms with Crippen molar-refractivity contribution >= 4 is 38.9 Å². The molecule has 0 aliphatic carbocycles. The molecule has 1 aromatic carbocycles. The van der Waals surface area contributed by atoms with Crippen LogP contribution >= 0.6 is 38.9 Å². The van der Waals surface area contributed by atoms with E-state index in [2.05, 4.69) is 27.0 Å². The first kappa shape index (κ1) is 13.0. The van der Waals surface area contributed by atoms with E-state index >= 15 is 0 Å². The van der Waals surface area contributed by atoms with Gasteiger partial charge in [0.15, 0.2) is 0 Å². The van der Waals surface area contributed by atoms with E-state index in [4.69, 9.17) is 11.6 Å². The normalized spacial score (nSPS) is 9.73. The highest BCUT2D eigenvalue weighted by Crippen LogP contribution is 2.26. The van der Waals surface area contributed by atoms with E-state index in [0.29, 0.717) is 5.88 Å². The van der Waals surface area contributed by atoms with Crippen LogP contribution in [0.15, 0.2) is 34.1 Å². The van der Waals surface area contributed by atoms with Gasteiger partial charge in [-0.15, -0.1) is 22.9 Å². The predicted molar refractivity (Wildman–Crippen MR) is 64.8 cm³/mol. The van der Waals surface area contributed by atoms with Gasteiger partial charge < -0.3 is 12.4 Å². The molecule has 0 bridgehead atoms. The summed E-state index contributed by atoms with van der Waals surface area (Å²) in [5, 5.41) is 3.01. The number of rotatable bonds is 2. The molecule has 1 heterocycles. The summed E-state index contributed by atoms with van der Waals surface area (Å²) in [6.07, 6.45) is 0. The fourth-order valence-electron chi connectivity index (χ4n) is 1.12. The zero-order valence-electron chi connectivity index (χ0n) is 7.58. The van der Waals surface area contributed by atoms with Crippen molar-refractivity contribution in [3.63, 3.8) is 0 Å². The van der Waals surface area contributed by atoms with Gasteiger partial charge in [-0.25, -0.2) is 4.98 Å². The molecule has 1 aromatic heterocycles. The molecule has 5 heteroatoms. The predicted octanol–water partition coefficient (Wildman–Crippen LogP) is 1.32. The van der Waals surface area contributed by atoms with Crippen molar-refractivity contribution in [2.45, 2.75) is 5.88 Å². The third kappa shape index (κ3) is 3.18. The van der Waals surface area contributed by atoms with E-state index in [0.717, 1.165) is 20.7 Å². The van der Waals surface area contributed by atoms with Crippen molar-refractivity contribution in [2.24, 2.45) is 0 Å². The van der Waals surface area contributed by atoms with Gasteiger partial charge in [0.2, 0.25) is 0 Å². The Morgan fingerprint density at radius 1 is 1.40 bits per heavy atom. The molecule has 2 rings (SSSR count). The topological polar surface area (TPSA) is 12.9 Å². The fourth-order valence-corrected chi connectivity index (χ4v) is 2.57. The van der Waals surface area contributed by atoms with Gasteiger partial charge in [0.1, 0.15) is 5.01 Å². The Bertz CT molecular complexity index is 444. The van der Waals surface area contributed by atoms with Gasteiger partial charge >= 0.3 is 0 Å². The molecule has 1 nitrogen and oxygen atoms in total. The Hall–Kier alpha value is -0.0900. The molecule has 0 atom stereocenters. The van der Waals surface area contributed by atoms with Crippen LogP contribution in [0.3, 0.4) is 0 Å². The highest BCUT2D eigenvalue weighted by atomic mass is 79.9. The third-order valence-corrected chi connectivity index (χ3v) is 3.47. The Morgan fingerprint density at radius 2 is 2.20 bits per heavy atom. The summed E-state index contributed by atoms with van der Waals surface area (Å²) in [4.78, 5) is 4.41. The average molecular weight is 324 g/mol. The monoisotopic (exact) mass is 322 g/mol. The lowest BCUT2D eigenvalue weighted by atomic mass is 10.2. The van der Waals surface area contributed by atoms with Crippen molar-refractivity contribution in [3.05, 3.63) is 39.8 Å². The van der Waals surface area contributed by atoms with Crippen molar-refractivity contribution in [1.29, 1.82) is 0 Å². The molecule has 0 amide bonds. The molecule has 15 heavy (non-hydrogen) atoms. The molecule has 0 fully saturated rings. The molecule has 0 aliphatic rings. The van der Waals surface area contributed by atoms with Crippen molar-refractivity contribution in [2.75, 3.05) is 0 Å². The maximum atomic E-state index is 5.69. The number of hydrogen-bond donors (Lipinski definition) is 0. The van der Waals surface area contributed by atoms with Crippen LogP contribution in [0.25, 0.3) is 10.6 Å². The zero-order chi connectivity index (χ0) is 9.97. The quantitative estimate of drug-likeness (QED) is 0.760. The second kappa shape index (κ2) is 5.85. The van der Waals surface area contributed by atoms with E-state index in [1.165, 1.54) is 0 Å². The molecule has 0 saturated heterocycles. The van der Waals surface area contributed by atoms with Crippen molar-refractivity contribution in [1.82, 2.24) is 4.98 Å². The smallest absolute Gasteiger partial charge is 0.123 e. The maximum absolute atomic E-state index is 5.69. The minimum atomic E-state index is 0. The van der Waals surface area contributed by atoms with Crippen LogP contribution in [0.1, 0.15) is 5.69 Å². The van der Waals surface area contributed by atoms with Crippen LogP contribution in [0.4, 0.5) is 0 Å². The first-order valence-electron chi connectivity index (χ1n) is 4.06. The van der Waals surface area contributed by atoms with Gasteiger partial charge in [-0.1, -0.05) is 28.1 Å². The van der Waals surface area contributed by atoms with E-state index in [-0.39, 0.29) is 12.4 Å². The van der Waals surface area contributed by atoms with Crippen LogP contribution in [0, 0.1) is 0 Å². The first-order valence-corrected chi connectivity index (χ1v) is 6.26. The summed E-state index contributed by atoms with van der Waals surface area (Å²) in [5.74, 6) is 0.477. The Labute approximate surface area is 112 Å². The average Bonchev–Trinajstić information content (AvgIpc) is 2.66. The maximum Gasteiger partial charge on any atom is 0.123 e. The van der Waals surface area contributed by atoms with E-state index in [9.17, 15) is 0 Å². The molecular weight excluding hydrogens is 317 g/mol. The number of thiazole rings is 1. The summed E-state index contributed by atoms with van der Waals surface area (Å²) in [6, 6.07) is 8.10.